The second-order valence-corrected chi connectivity index (χ2v) is 21.8. The van der Waals surface area contributed by atoms with Crippen LogP contribution >= 0.6 is 0 Å². The van der Waals surface area contributed by atoms with Gasteiger partial charge in [0.1, 0.15) is 36.3 Å². The lowest BCUT2D eigenvalue weighted by molar-refractivity contribution is -0.143. The maximum Gasteiger partial charge on any atom is 0.328 e. The van der Waals surface area contributed by atoms with E-state index in [2.05, 4.69) is 106 Å². The average Bonchev–Trinajstić information content (AvgIpc) is 0.913. The summed E-state index contributed by atoms with van der Waals surface area (Å²) in [4.78, 5) is 227. The Balaban J connectivity index is 5.58. The Hall–Kier alpha value is -12.6. The highest BCUT2D eigenvalue weighted by Gasteiger charge is 2.28. The lowest BCUT2D eigenvalue weighted by Gasteiger charge is -2.21. The monoisotopic (exact) mass is 1500 g/mol. The Labute approximate surface area is 597 Å². The molecule has 51 nitrogen and oxygen atoms in total. The fraction of sp³-hybridized carbons (Fsp3) is 0.593. The van der Waals surface area contributed by atoms with Gasteiger partial charge in [-0.05, 0) is 51.4 Å². The van der Waals surface area contributed by atoms with Gasteiger partial charge in [-0.25, -0.2) is 4.79 Å². The highest BCUT2D eigenvalue weighted by Crippen LogP contribution is 2.03. The highest BCUT2D eigenvalue weighted by molar-refractivity contribution is 5.98. The maximum absolute atomic E-state index is 13.5. The summed E-state index contributed by atoms with van der Waals surface area (Å²) >= 11 is 0. The second-order valence-electron chi connectivity index (χ2n) is 21.8. The second kappa shape index (κ2) is 53.3. The van der Waals surface area contributed by atoms with Crippen LogP contribution in [0.1, 0.15) is 51.4 Å². The molecule has 0 aliphatic rings. The fourth-order valence-corrected chi connectivity index (χ4v) is 7.95. The van der Waals surface area contributed by atoms with Crippen LogP contribution in [0.2, 0.25) is 0 Å². The zero-order valence-electron chi connectivity index (χ0n) is 56.9. The molecule has 0 unspecified atom stereocenters. The lowest BCUT2D eigenvalue weighted by Crippen LogP contribution is -2.55. The number of guanidine groups is 4. The summed E-state index contributed by atoms with van der Waals surface area (Å²) in [6.45, 7) is -10.3. The number of nitrogens with two attached hydrogens (primary N) is 5. The van der Waals surface area contributed by atoms with Gasteiger partial charge in [0.25, 0.3) is 0 Å². The molecule has 17 amide bonds. The molecule has 0 rings (SSSR count). The van der Waals surface area contributed by atoms with Crippen LogP contribution in [0.4, 0.5) is 0 Å². The number of aliphatic hydroxyl groups excluding tert-OH is 2. The molecular formula is C54H96N30O21. The predicted molar refractivity (Wildman–Crippen MR) is 362 cm³/mol. The molecule has 0 saturated heterocycles. The molecule has 6 atom stereocenters. The van der Waals surface area contributed by atoms with Crippen LogP contribution in [0.25, 0.3) is 0 Å². The van der Waals surface area contributed by atoms with Crippen LogP contribution in [0, 0.1) is 21.6 Å². The molecule has 0 spiro atoms. The van der Waals surface area contributed by atoms with Crippen LogP contribution in [0.5, 0.6) is 0 Å². The molecule has 0 aliphatic carbocycles. The van der Waals surface area contributed by atoms with Crippen molar-refractivity contribution in [1.29, 1.82) is 21.6 Å². The maximum atomic E-state index is 13.5. The molecule has 0 radical (unpaired) electrons. The number of nitrogens with one attached hydrogen (secondary N) is 25. The molecule has 0 saturated carbocycles. The average molecular weight is 1500 g/mol. The minimum atomic E-state index is -1.65. The quantitative estimate of drug-likeness (QED) is 0.0153. The van der Waals surface area contributed by atoms with E-state index >= 15 is 0 Å². The van der Waals surface area contributed by atoms with Crippen LogP contribution < -0.4 is 140 Å². The van der Waals surface area contributed by atoms with Gasteiger partial charge in [0.2, 0.25) is 100 Å². The van der Waals surface area contributed by atoms with Crippen LogP contribution in [0.3, 0.4) is 0 Å². The van der Waals surface area contributed by atoms with Crippen molar-refractivity contribution < 1.29 is 102 Å². The van der Waals surface area contributed by atoms with Gasteiger partial charge in [-0.3, -0.25) is 103 Å². The van der Waals surface area contributed by atoms with Gasteiger partial charge in [0.15, 0.2) is 23.8 Å². The Morgan fingerprint density at radius 2 is 0.438 bits per heavy atom. The van der Waals surface area contributed by atoms with Crippen LogP contribution in [-0.2, 0) is 86.3 Å². The number of aliphatic hydroxyl groups is 2. The summed E-state index contributed by atoms with van der Waals surface area (Å²) in [5.41, 5.74) is 26.6. The summed E-state index contributed by atoms with van der Waals surface area (Å²) in [5, 5.41) is 105. The minimum absolute atomic E-state index is 0.0298. The Bertz CT molecular complexity index is 3070. The van der Waals surface area contributed by atoms with Crippen LogP contribution in [-0.4, -0.2) is 300 Å². The highest BCUT2D eigenvalue weighted by atomic mass is 16.4. The van der Waals surface area contributed by atoms with Crippen molar-refractivity contribution in [3.63, 3.8) is 0 Å². The van der Waals surface area contributed by atoms with E-state index in [1.165, 1.54) is 0 Å². The molecule has 0 heterocycles. The third-order valence-corrected chi connectivity index (χ3v) is 13.2. The largest absolute Gasteiger partial charge is 0.480 e. The zero-order valence-corrected chi connectivity index (χ0v) is 56.9. The summed E-state index contributed by atoms with van der Waals surface area (Å²) in [6, 6.07) is -8.75. The van der Waals surface area contributed by atoms with Crippen molar-refractivity contribution in [3.8, 4) is 0 Å². The number of rotatable bonds is 53. The van der Waals surface area contributed by atoms with Gasteiger partial charge in [0, 0.05) is 26.2 Å². The number of aliphatic carboxylic acids is 1. The van der Waals surface area contributed by atoms with Gasteiger partial charge >= 0.3 is 5.97 Å². The van der Waals surface area contributed by atoms with Crippen molar-refractivity contribution in [2.75, 3.05) is 118 Å². The molecule has 51 heteroatoms. The van der Waals surface area contributed by atoms with Gasteiger partial charge in [0.05, 0.1) is 91.8 Å². The number of amides is 17. The van der Waals surface area contributed by atoms with Crippen molar-refractivity contribution in [3.05, 3.63) is 0 Å². The molecule has 0 aromatic heterocycles. The van der Waals surface area contributed by atoms with Gasteiger partial charge in [-0.1, -0.05) is 0 Å². The summed E-state index contributed by atoms with van der Waals surface area (Å²) in [5.74, 6) is -18.9. The van der Waals surface area contributed by atoms with Crippen molar-refractivity contribution in [2.24, 2.45) is 28.7 Å². The first kappa shape index (κ1) is 92.4. The van der Waals surface area contributed by atoms with E-state index < -0.39 is 252 Å². The number of carbonyl (C=O) groups excluding carboxylic acids is 17. The first-order chi connectivity index (χ1) is 49.6. The molecule has 588 valence electrons. The van der Waals surface area contributed by atoms with Gasteiger partial charge in [-0.2, -0.15) is 0 Å². The van der Waals surface area contributed by atoms with E-state index in [4.69, 9.17) is 60.5 Å². The predicted octanol–water partition coefficient (Wildman–Crippen LogP) is -18.7. The molecule has 0 aliphatic heterocycles. The third-order valence-electron chi connectivity index (χ3n) is 13.2. The first-order valence-electron chi connectivity index (χ1n) is 31.8. The van der Waals surface area contributed by atoms with E-state index in [0.29, 0.717) is 0 Å². The molecule has 38 N–H and O–H groups in total. The minimum Gasteiger partial charge on any atom is -0.480 e. The molecule has 105 heavy (non-hydrogen) atoms. The molecule has 0 aromatic rings. The fourth-order valence-electron chi connectivity index (χ4n) is 7.95. The first-order valence-corrected chi connectivity index (χ1v) is 31.8. The topological polar surface area (TPSA) is 846 Å². The zero-order chi connectivity index (χ0) is 79.4. The van der Waals surface area contributed by atoms with Crippen LogP contribution in [0.15, 0.2) is 0 Å². The molecule has 0 aromatic carbocycles. The van der Waals surface area contributed by atoms with E-state index in [1.54, 1.807) is 0 Å². The van der Waals surface area contributed by atoms with E-state index in [0.717, 1.165) is 0 Å². The number of hydrogen-bond acceptors (Lipinski definition) is 25. The smallest absolute Gasteiger partial charge is 0.328 e. The lowest BCUT2D eigenvalue weighted by atomic mass is 10.1. The summed E-state index contributed by atoms with van der Waals surface area (Å²) in [6.07, 6.45) is 0.0374. The number of hydrogen-bond donors (Lipinski definition) is 33. The number of carboxylic acid groups (broad SMARTS) is 1. The Morgan fingerprint density at radius 3 is 0.648 bits per heavy atom. The normalized spacial score (nSPS) is 12.0. The summed E-state index contributed by atoms with van der Waals surface area (Å²) in [7, 11) is 0. The Morgan fingerprint density at radius 1 is 0.257 bits per heavy atom. The van der Waals surface area contributed by atoms with E-state index in [-0.39, 0.29) is 83.5 Å². The van der Waals surface area contributed by atoms with Gasteiger partial charge in [-0.15, -0.1) is 0 Å². The molecule has 0 bridgehead atoms. The van der Waals surface area contributed by atoms with Crippen molar-refractivity contribution in [2.45, 2.75) is 87.6 Å². The van der Waals surface area contributed by atoms with Gasteiger partial charge < -0.3 is 156 Å². The van der Waals surface area contributed by atoms with E-state index in [1.807, 2.05) is 5.32 Å². The standard InChI is InChI=1S/C54H96N30O21/c55-13-33(87)68-19-39(93)79-29(7-3-11-66-53(60)61)47(101)77-24-44(98)82-30(8-4-12-67-54(62)63)48(102)78-23-43(97)81-28(6-2-10-65-52(58)59)46(100)75-17-38(92)73-20-40(94)80-27(5-1-9-64-51(56)57)45(99)74-16-36(90)69-14-34(88)71-21-41(95)83-31(25-85)49(103)76-18-37(91)70-15-35(89)72-22-42(96)84-32(26-86)50(104)105/h27-32,85-86H,1-26,55H2,(H,68,87)(H,69,90)(H,70,91)(H,71,88)(H,72,89)(H,73,92)(H,74,99)(H,75,100)(H,76,103)(H,77,101)(H,78,102)(H,79,93)(H,80,94)(H,81,97)(H,82,98)(H,83,95)(H,84,96)(H,104,105)(H4,56,57,64)(H4,58,59,65)(H4,60,61,66)(H4,62,63,67)/t27-,28-,29-,30-,31-,32-/m0/s1. The third kappa shape index (κ3) is 47.2. The SMILES string of the molecule is N=C(N)NCCC[C@H](NC(=O)CNC(=O)CNC(=O)[C@H](CCCNC(=N)N)NC(=O)CNC(=O)[C@H](CCCNC(=N)N)NC(=O)CNC(=O)[C@H](CCCNC(=N)N)NC(=O)CNC(=O)CN)C(=O)NCC(=O)NCC(=O)NCC(=O)N[C@@H](CO)C(=O)NCC(=O)NCC(=O)NCC(=O)N[C@@H](CO)C(=O)O. The summed E-state index contributed by atoms with van der Waals surface area (Å²) < 4.78 is 0. The number of carbonyl (C=O) groups is 18. The molecule has 0 fully saturated rings. The van der Waals surface area contributed by atoms with Crippen molar-refractivity contribution >= 4 is 130 Å². The Kier molecular flexibility index (Phi) is 46.9. The molecular weight excluding hydrogens is 1400 g/mol. The van der Waals surface area contributed by atoms with E-state index in [9.17, 15) is 91.4 Å². The van der Waals surface area contributed by atoms with Crippen molar-refractivity contribution in [1.82, 2.24) is 112 Å². The number of carboxylic acids is 1.